The van der Waals surface area contributed by atoms with Crippen LogP contribution in [-0.2, 0) is 15.7 Å². The summed E-state index contributed by atoms with van der Waals surface area (Å²) in [6.45, 7) is 4.59. The summed E-state index contributed by atoms with van der Waals surface area (Å²) in [5, 5.41) is 7.84. The quantitative estimate of drug-likeness (QED) is 0.433. The second kappa shape index (κ2) is 6.99. The molecule has 0 amide bonds. The fourth-order valence-electron chi connectivity index (χ4n) is 1.70. The van der Waals surface area contributed by atoms with E-state index in [-0.39, 0.29) is 0 Å². The van der Waals surface area contributed by atoms with E-state index in [0.717, 1.165) is 0 Å². The lowest BCUT2D eigenvalue weighted by Crippen LogP contribution is -2.32. The van der Waals surface area contributed by atoms with Gasteiger partial charge in [0.1, 0.15) is 5.60 Å². The van der Waals surface area contributed by atoms with Crippen molar-refractivity contribution in [2.75, 3.05) is 0 Å². The molecule has 0 bridgehead atoms. The van der Waals surface area contributed by atoms with E-state index < -0.39 is 50.6 Å². The summed E-state index contributed by atoms with van der Waals surface area (Å²) in [7, 11) is 0. The van der Waals surface area contributed by atoms with Gasteiger partial charge in [-0.2, -0.15) is 18.4 Å². The lowest BCUT2D eigenvalue weighted by molar-refractivity contribution is -0.156. The molecule has 4 nitrogen and oxygen atoms in total. The van der Waals surface area contributed by atoms with Gasteiger partial charge < -0.3 is 4.74 Å². The molecule has 0 aliphatic carbocycles. The molecule has 1 rings (SSSR count). The van der Waals surface area contributed by atoms with Gasteiger partial charge in [-0.1, -0.05) is 23.2 Å². The normalized spacial score (nSPS) is 13.1. The maximum atomic E-state index is 12.7. The van der Waals surface area contributed by atoms with Crippen LogP contribution in [0, 0.1) is 17.2 Å². The summed E-state index contributed by atoms with van der Waals surface area (Å²) in [4.78, 5) is 24.3. The number of carbonyl (C=O) groups excluding carboxylic acids is 2. The number of ketones is 1. The lowest BCUT2D eigenvalue weighted by Gasteiger charge is -2.21. The summed E-state index contributed by atoms with van der Waals surface area (Å²) in [6, 6.07) is 2.47. The smallest absolute Gasteiger partial charge is 0.416 e. The first-order valence-electron chi connectivity index (χ1n) is 6.51. The molecule has 0 radical (unpaired) electrons. The Bertz CT molecular complexity index is 695. The van der Waals surface area contributed by atoms with Crippen molar-refractivity contribution in [2.45, 2.75) is 32.5 Å². The molecule has 0 fully saturated rings. The second-order valence-electron chi connectivity index (χ2n) is 5.77. The van der Waals surface area contributed by atoms with Gasteiger partial charge in [-0.05, 0) is 32.9 Å². The number of nitriles is 1. The van der Waals surface area contributed by atoms with Crippen LogP contribution in [0.2, 0.25) is 10.0 Å². The fraction of sp³-hybridized carbons (Fsp3) is 0.400. The highest BCUT2D eigenvalue weighted by Crippen LogP contribution is 2.36. The number of esters is 1. The molecule has 1 atom stereocenters. The minimum atomic E-state index is -4.71. The molecular formula is C15H12Cl2F3NO3. The summed E-state index contributed by atoms with van der Waals surface area (Å²) in [6.07, 6.45) is -4.71. The van der Waals surface area contributed by atoms with Crippen LogP contribution in [0.15, 0.2) is 12.1 Å². The highest BCUT2D eigenvalue weighted by molar-refractivity contribution is 6.40. The molecule has 0 unspecified atom stereocenters. The molecule has 1 aromatic carbocycles. The van der Waals surface area contributed by atoms with Crippen molar-refractivity contribution >= 4 is 35.0 Å². The monoisotopic (exact) mass is 381 g/mol. The largest absolute Gasteiger partial charge is 0.459 e. The molecule has 0 spiro atoms. The highest BCUT2D eigenvalue weighted by Gasteiger charge is 2.37. The SMILES string of the molecule is CC(C)(C)OC(=O)[C@@H](C#N)C(=O)c1c(Cl)cc(C(F)(F)F)cc1Cl. The van der Waals surface area contributed by atoms with Gasteiger partial charge in [0.15, 0.2) is 5.78 Å². The number of rotatable bonds is 3. The Hall–Kier alpha value is -1.78. The molecular weight excluding hydrogens is 370 g/mol. The number of ether oxygens (including phenoxy) is 1. The maximum Gasteiger partial charge on any atom is 0.416 e. The van der Waals surface area contributed by atoms with Crippen LogP contribution in [0.3, 0.4) is 0 Å². The summed E-state index contributed by atoms with van der Waals surface area (Å²) in [5.74, 6) is -4.16. The number of alkyl halides is 3. The summed E-state index contributed by atoms with van der Waals surface area (Å²) < 4.78 is 43.0. The average molecular weight is 382 g/mol. The number of hydrogen-bond acceptors (Lipinski definition) is 4. The first-order chi connectivity index (χ1) is 10.8. The third kappa shape index (κ3) is 4.86. The number of carbonyl (C=O) groups is 2. The van der Waals surface area contributed by atoms with Gasteiger partial charge >= 0.3 is 12.1 Å². The first kappa shape index (κ1) is 20.3. The Morgan fingerprint density at radius 1 is 1.17 bits per heavy atom. The van der Waals surface area contributed by atoms with Crippen molar-refractivity contribution in [1.29, 1.82) is 5.26 Å². The Morgan fingerprint density at radius 3 is 1.96 bits per heavy atom. The van der Waals surface area contributed by atoms with Crippen molar-refractivity contribution in [1.82, 2.24) is 0 Å². The van der Waals surface area contributed by atoms with Gasteiger partial charge in [0.25, 0.3) is 0 Å². The zero-order valence-electron chi connectivity index (χ0n) is 12.8. The number of Topliss-reactive ketones (excluding diaryl/α,β-unsaturated/α-hetero) is 1. The molecule has 0 saturated carbocycles. The van der Waals surface area contributed by atoms with E-state index in [2.05, 4.69) is 0 Å². The van der Waals surface area contributed by atoms with Crippen molar-refractivity contribution in [3.63, 3.8) is 0 Å². The zero-order chi connectivity index (χ0) is 18.9. The molecule has 0 aliphatic heterocycles. The van der Waals surface area contributed by atoms with Crippen LogP contribution in [0.5, 0.6) is 0 Å². The van der Waals surface area contributed by atoms with Gasteiger partial charge in [-0.15, -0.1) is 0 Å². The van der Waals surface area contributed by atoms with E-state index in [9.17, 15) is 22.8 Å². The Kier molecular flexibility index (Phi) is 5.91. The molecule has 0 N–H and O–H groups in total. The zero-order valence-corrected chi connectivity index (χ0v) is 14.3. The third-order valence-electron chi connectivity index (χ3n) is 2.65. The van der Waals surface area contributed by atoms with Crippen LogP contribution in [0.4, 0.5) is 13.2 Å². The molecule has 0 heterocycles. The number of benzene rings is 1. The average Bonchev–Trinajstić information content (AvgIpc) is 2.35. The topological polar surface area (TPSA) is 67.2 Å². The van der Waals surface area contributed by atoms with Crippen LogP contribution in [0.1, 0.15) is 36.7 Å². The first-order valence-corrected chi connectivity index (χ1v) is 7.26. The standard InChI is InChI=1S/C15H12Cl2F3NO3/c1-14(2,3)24-13(23)8(6-21)12(22)11-9(16)4-7(5-10(11)17)15(18,19)20/h4-5,8H,1-3H3/t8-/m0/s1. The second-order valence-corrected chi connectivity index (χ2v) is 6.59. The summed E-state index contributed by atoms with van der Waals surface area (Å²) >= 11 is 11.4. The van der Waals surface area contributed by atoms with Crippen molar-refractivity contribution < 1.29 is 27.5 Å². The predicted molar refractivity (Wildman–Crippen MR) is 80.7 cm³/mol. The lowest BCUT2D eigenvalue weighted by atomic mass is 9.97. The van der Waals surface area contributed by atoms with E-state index in [1.165, 1.54) is 26.8 Å². The van der Waals surface area contributed by atoms with Gasteiger partial charge in [-0.3, -0.25) is 9.59 Å². The van der Waals surface area contributed by atoms with E-state index in [0.29, 0.717) is 12.1 Å². The third-order valence-corrected chi connectivity index (χ3v) is 3.25. The number of halogens is 5. The van der Waals surface area contributed by atoms with Crippen molar-refractivity contribution in [3.8, 4) is 6.07 Å². The minimum absolute atomic E-state index is 0.504. The molecule has 0 aromatic heterocycles. The van der Waals surface area contributed by atoms with Gasteiger partial charge in [-0.25, -0.2) is 0 Å². The number of hydrogen-bond donors (Lipinski definition) is 0. The Morgan fingerprint density at radius 2 is 1.62 bits per heavy atom. The van der Waals surface area contributed by atoms with Gasteiger partial charge in [0.2, 0.25) is 5.92 Å². The molecule has 9 heteroatoms. The Labute approximate surface area is 146 Å². The van der Waals surface area contributed by atoms with Gasteiger partial charge in [0.05, 0.1) is 27.2 Å². The summed E-state index contributed by atoms with van der Waals surface area (Å²) in [5.41, 5.74) is -2.65. The highest BCUT2D eigenvalue weighted by atomic mass is 35.5. The molecule has 0 saturated heterocycles. The maximum absolute atomic E-state index is 12.7. The van der Waals surface area contributed by atoms with Crippen molar-refractivity contribution in [3.05, 3.63) is 33.3 Å². The molecule has 1 aromatic rings. The van der Waals surface area contributed by atoms with Crippen LogP contribution in [0.25, 0.3) is 0 Å². The van der Waals surface area contributed by atoms with Crippen LogP contribution in [-0.4, -0.2) is 17.4 Å². The van der Waals surface area contributed by atoms with E-state index in [1.54, 1.807) is 0 Å². The number of nitrogens with zero attached hydrogens (tertiary/aromatic N) is 1. The molecule has 0 aliphatic rings. The van der Waals surface area contributed by atoms with Crippen molar-refractivity contribution in [2.24, 2.45) is 5.92 Å². The van der Waals surface area contributed by atoms with E-state index in [1.807, 2.05) is 0 Å². The van der Waals surface area contributed by atoms with E-state index >= 15 is 0 Å². The Balaban J connectivity index is 3.28. The van der Waals surface area contributed by atoms with E-state index in [4.69, 9.17) is 33.2 Å². The van der Waals surface area contributed by atoms with Crippen LogP contribution < -0.4 is 0 Å². The molecule has 24 heavy (non-hydrogen) atoms. The molecule has 130 valence electrons. The van der Waals surface area contributed by atoms with Gasteiger partial charge in [0, 0.05) is 0 Å². The van der Waals surface area contributed by atoms with Crippen LogP contribution >= 0.6 is 23.2 Å². The minimum Gasteiger partial charge on any atom is -0.459 e. The predicted octanol–water partition coefficient (Wildman–Crippen LogP) is 4.68. The fourth-order valence-corrected chi connectivity index (χ4v) is 2.37.